The van der Waals surface area contributed by atoms with Crippen molar-refractivity contribution < 1.29 is 24.8 Å². The molecule has 0 bridgehead atoms. The lowest BCUT2D eigenvalue weighted by Crippen LogP contribution is -2.42. The standard InChI is InChI=1S/C18H34O5/c1-2-3-4-5-6-7-8-9-10-11-12-22-16(13-19)18-17(21)15(20)14-23-18/h10-11,15-21H,2-9,12-14H2,1H3/b11-10+/t15-,16+,17+,18+/m1/s1. The summed E-state index contributed by atoms with van der Waals surface area (Å²) in [6.07, 6.45) is 11.0. The highest BCUT2D eigenvalue weighted by molar-refractivity contribution is 4.89. The zero-order valence-corrected chi connectivity index (χ0v) is 14.4. The molecule has 0 aromatic heterocycles. The van der Waals surface area contributed by atoms with Gasteiger partial charge >= 0.3 is 0 Å². The van der Waals surface area contributed by atoms with Crippen molar-refractivity contribution in [3.63, 3.8) is 0 Å². The van der Waals surface area contributed by atoms with Gasteiger partial charge in [-0.15, -0.1) is 0 Å². The molecular formula is C18H34O5. The van der Waals surface area contributed by atoms with Gasteiger partial charge in [-0.25, -0.2) is 0 Å². The predicted molar refractivity (Wildman–Crippen MR) is 90.3 cm³/mol. The van der Waals surface area contributed by atoms with Gasteiger partial charge in [0.2, 0.25) is 0 Å². The topological polar surface area (TPSA) is 79.2 Å². The van der Waals surface area contributed by atoms with E-state index in [9.17, 15) is 15.3 Å². The average Bonchev–Trinajstić information content (AvgIpc) is 2.88. The van der Waals surface area contributed by atoms with Crippen LogP contribution in [0.5, 0.6) is 0 Å². The van der Waals surface area contributed by atoms with Gasteiger partial charge in [-0.3, -0.25) is 0 Å². The van der Waals surface area contributed by atoms with E-state index >= 15 is 0 Å². The van der Waals surface area contributed by atoms with Crippen LogP contribution in [0.15, 0.2) is 12.2 Å². The van der Waals surface area contributed by atoms with E-state index in [-0.39, 0.29) is 13.2 Å². The van der Waals surface area contributed by atoms with Crippen molar-refractivity contribution in [1.82, 2.24) is 0 Å². The van der Waals surface area contributed by atoms with Crippen molar-refractivity contribution in [2.45, 2.75) is 82.7 Å². The minimum Gasteiger partial charge on any atom is -0.394 e. The van der Waals surface area contributed by atoms with E-state index < -0.39 is 24.4 Å². The lowest BCUT2D eigenvalue weighted by Gasteiger charge is -2.23. The summed E-state index contributed by atoms with van der Waals surface area (Å²) in [7, 11) is 0. The first kappa shape index (κ1) is 20.6. The summed E-state index contributed by atoms with van der Waals surface area (Å²) in [6.45, 7) is 2.46. The Hall–Kier alpha value is -0.460. The molecule has 1 saturated heterocycles. The molecule has 5 heteroatoms. The van der Waals surface area contributed by atoms with Gasteiger partial charge in [0.25, 0.3) is 0 Å². The molecule has 0 amide bonds. The molecule has 0 unspecified atom stereocenters. The van der Waals surface area contributed by atoms with Gasteiger partial charge in [0.1, 0.15) is 24.4 Å². The van der Waals surface area contributed by atoms with E-state index in [1.807, 2.05) is 6.08 Å². The van der Waals surface area contributed by atoms with Gasteiger partial charge in [-0.1, -0.05) is 57.6 Å². The molecule has 0 radical (unpaired) electrons. The van der Waals surface area contributed by atoms with Crippen LogP contribution in [0.2, 0.25) is 0 Å². The van der Waals surface area contributed by atoms with Crippen molar-refractivity contribution in [3.8, 4) is 0 Å². The third-order valence-corrected chi connectivity index (χ3v) is 4.28. The molecule has 0 spiro atoms. The van der Waals surface area contributed by atoms with Gasteiger partial charge < -0.3 is 24.8 Å². The number of allylic oxidation sites excluding steroid dienone is 1. The van der Waals surface area contributed by atoms with E-state index in [1.54, 1.807) is 0 Å². The fourth-order valence-electron chi connectivity index (χ4n) is 2.79. The van der Waals surface area contributed by atoms with Crippen molar-refractivity contribution in [3.05, 3.63) is 12.2 Å². The second kappa shape index (κ2) is 12.9. The van der Waals surface area contributed by atoms with Crippen LogP contribution >= 0.6 is 0 Å². The number of aliphatic hydroxyl groups is 3. The Morgan fingerprint density at radius 1 is 1.09 bits per heavy atom. The molecule has 3 N–H and O–H groups in total. The molecule has 1 rings (SSSR count). The molecule has 1 aliphatic heterocycles. The highest BCUT2D eigenvalue weighted by Gasteiger charge is 2.40. The SMILES string of the molecule is CCCCCCCCC/C=C/CO[C@@H](CO)[C@@H]1OC[C@@H](O)[C@@H]1O. The maximum atomic E-state index is 9.75. The van der Waals surface area contributed by atoms with E-state index in [2.05, 4.69) is 13.0 Å². The van der Waals surface area contributed by atoms with Gasteiger partial charge in [0, 0.05) is 0 Å². The number of hydrogen-bond acceptors (Lipinski definition) is 5. The lowest BCUT2D eigenvalue weighted by molar-refractivity contribution is -0.0942. The molecular weight excluding hydrogens is 296 g/mol. The number of ether oxygens (including phenoxy) is 2. The smallest absolute Gasteiger partial charge is 0.114 e. The Bertz CT molecular complexity index is 308. The predicted octanol–water partition coefficient (Wildman–Crippen LogP) is 2.18. The van der Waals surface area contributed by atoms with Crippen molar-refractivity contribution in [1.29, 1.82) is 0 Å². The highest BCUT2D eigenvalue weighted by atomic mass is 16.6. The second-order valence-electron chi connectivity index (χ2n) is 6.29. The summed E-state index contributed by atoms with van der Waals surface area (Å²) in [4.78, 5) is 0. The zero-order valence-electron chi connectivity index (χ0n) is 14.4. The third kappa shape index (κ3) is 8.27. The molecule has 5 nitrogen and oxygen atoms in total. The van der Waals surface area contributed by atoms with Gasteiger partial charge in [0.15, 0.2) is 0 Å². The second-order valence-corrected chi connectivity index (χ2v) is 6.29. The van der Waals surface area contributed by atoms with E-state index in [0.717, 1.165) is 6.42 Å². The van der Waals surface area contributed by atoms with Crippen LogP contribution < -0.4 is 0 Å². The van der Waals surface area contributed by atoms with Crippen LogP contribution in [0.4, 0.5) is 0 Å². The molecule has 0 aliphatic carbocycles. The van der Waals surface area contributed by atoms with Crippen molar-refractivity contribution in [2.75, 3.05) is 19.8 Å². The first-order valence-electron chi connectivity index (χ1n) is 9.05. The van der Waals surface area contributed by atoms with Crippen LogP contribution in [0.3, 0.4) is 0 Å². The Balaban J connectivity index is 2.04. The fourth-order valence-corrected chi connectivity index (χ4v) is 2.79. The van der Waals surface area contributed by atoms with Gasteiger partial charge in [0.05, 0.1) is 19.8 Å². The van der Waals surface area contributed by atoms with Crippen molar-refractivity contribution in [2.24, 2.45) is 0 Å². The molecule has 0 aromatic rings. The maximum Gasteiger partial charge on any atom is 0.114 e. The number of hydrogen-bond donors (Lipinski definition) is 3. The molecule has 1 fully saturated rings. The first-order chi connectivity index (χ1) is 11.2. The number of aliphatic hydroxyl groups excluding tert-OH is 3. The van der Waals surface area contributed by atoms with E-state index in [4.69, 9.17) is 9.47 Å². The van der Waals surface area contributed by atoms with Crippen LogP contribution in [0.25, 0.3) is 0 Å². The van der Waals surface area contributed by atoms with Crippen LogP contribution in [-0.2, 0) is 9.47 Å². The zero-order chi connectivity index (χ0) is 16.9. The summed E-state index contributed by atoms with van der Waals surface area (Å²) in [5.41, 5.74) is 0. The normalized spacial score (nSPS) is 26.2. The first-order valence-corrected chi connectivity index (χ1v) is 9.05. The molecule has 1 heterocycles. The number of rotatable bonds is 13. The monoisotopic (exact) mass is 330 g/mol. The van der Waals surface area contributed by atoms with Crippen LogP contribution in [0, 0.1) is 0 Å². The molecule has 0 aromatic carbocycles. The summed E-state index contributed by atoms with van der Waals surface area (Å²) >= 11 is 0. The minimum absolute atomic E-state index is 0.0831. The molecule has 4 atom stereocenters. The Labute approximate surface area is 140 Å². The molecule has 136 valence electrons. The quantitative estimate of drug-likeness (QED) is 0.356. The van der Waals surface area contributed by atoms with E-state index in [0.29, 0.717) is 6.61 Å². The van der Waals surface area contributed by atoms with Crippen molar-refractivity contribution >= 4 is 0 Å². The Morgan fingerprint density at radius 2 is 1.78 bits per heavy atom. The average molecular weight is 330 g/mol. The fraction of sp³-hybridized carbons (Fsp3) is 0.889. The highest BCUT2D eigenvalue weighted by Crippen LogP contribution is 2.19. The minimum atomic E-state index is -0.996. The van der Waals surface area contributed by atoms with Crippen LogP contribution in [0.1, 0.15) is 58.3 Å². The summed E-state index contributed by atoms with van der Waals surface area (Å²) < 4.78 is 10.8. The number of unbranched alkanes of at least 4 members (excludes halogenated alkanes) is 7. The summed E-state index contributed by atoms with van der Waals surface area (Å²) in [5.74, 6) is 0. The Morgan fingerprint density at radius 3 is 2.39 bits per heavy atom. The summed E-state index contributed by atoms with van der Waals surface area (Å²) in [5, 5.41) is 28.5. The van der Waals surface area contributed by atoms with Gasteiger partial charge in [-0.05, 0) is 12.8 Å². The molecule has 23 heavy (non-hydrogen) atoms. The molecule has 0 saturated carbocycles. The Kier molecular flexibility index (Phi) is 11.5. The lowest BCUT2D eigenvalue weighted by atomic mass is 10.1. The van der Waals surface area contributed by atoms with Crippen LogP contribution in [-0.4, -0.2) is 59.6 Å². The third-order valence-electron chi connectivity index (χ3n) is 4.28. The molecule has 1 aliphatic rings. The summed E-state index contributed by atoms with van der Waals surface area (Å²) in [6, 6.07) is 0. The largest absolute Gasteiger partial charge is 0.394 e. The maximum absolute atomic E-state index is 9.75. The van der Waals surface area contributed by atoms with Gasteiger partial charge in [-0.2, -0.15) is 0 Å². The van der Waals surface area contributed by atoms with E-state index in [1.165, 1.54) is 44.9 Å².